The first-order chi connectivity index (χ1) is 11.8. The Hall–Kier alpha value is -2.22. The van der Waals surface area contributed by atoms with Crippen molar-refractivity contribution in [2.24, 2.45) is 0 Å². The molecule has 0 aliphatic heterocycles. The Morgan fingerprint density at radius 3 is 2.44 bits per heavy atom. The van der Waals surface area contributed by atoms with Gasteiger partial charge in [-0.25, -0.2) is 13.1 Å². The van der Waals surface area contributed by atoms with Crippen molar-refractivity contribution >= 4 is 21.6 Å². The second-order valence-electron chi connectivity index (χ2n) is 5.83. The summed E-state index contributed by atoms with van der Waals surface area (Å²) in [5.41, 5.74) is 2.06. The van der Waals surface area contributed by atoms with Crippen molar-refractivity contribution in [1.29, 1.82) is 0 Å². The van der Waals surface area contributed by atoms with Crippen molar-refractivity contribution in [3.05, 3.63) is 59.7 Å². The van der Waals surface area contributed by atoms with Crippen molar-refractivity contribution in [3.8, 4) is 0 Å². The van der Waals surface area contributed by atoms with Crippen LogP contribution in [0.2, 0.25) is 0 Å². The van der Waals surface area contributed by atoms with Gasteiger partial charge in [-0.2, -0.15) is 0 Å². The third kappa shape index (κ3) is 5.38. The molecule has 0 bridgehead atoms. The number of rotatable bonds is 7. The van der Waals surface area contributed by atoms with Gasteiger partial charge in [0.15, 0.2) is 0 Å². The predicted octanol–water partition coefficient (Wildman–Crippen LogP) is 2.56. The lowest BCUT2D eigenvalue weighted by molar-refractivity contribution is 0.102. The molecule has 0 aromatic heterocycles. The standard InChI is InChI=1S/C18H22N2O4S/c1-13-5-4-6-15(11-13)18(21)19-16-7-9-17(10-8-16)25(22,23)20-14(2)12-24-3/h4-11,14,20H,12H2,1-3H3,(H,19,21). The minimum Gasteiger partial charge on any atom is -0.383 e. The lowest BCUT2D eigenvalue weighted by Crippen LogP contribution is -2.35. The minimum atomic E-state index is -3.63. The zero-order chi connectivity index (χ0) is 18.4. The molecule has 0 aliphatic carbocycles. The topological polar surface area (TPSA) is 84.5 Å². The normalized spacial score (nSPS) is 12.6. The maximum atomic E-state index is 12.3. The molecule has 2 rings (SSSR count). The first-order valence-electron chi connectivity index (χ1n) is 7.81. The van der Waals surface area contributed by atoms with Crippen LogP contribution in [0.1, 0.15) is 22.8 Å². The molecule has 0 spiro atoms. The highest BCUT2D eigenvalue weighted by molar-refractivity contribution is 7.89. The van der Waals surface area contributed by atoms with Gasteiger partial charge in [0.1, 0.15) is 0 Å². The average molecular weight is 362 g/mol. The zero-order valence-corrected chi connectivity index (χ0v) is 15.3. The molecule has 2 aromatic rings. The zero-order valence-electron chi connectivity index (χ0n) is 14.4. The first kappa shape index (κ1) is 19.1. The van der Waals surface area contributed by atoms with Gasteiger partial charge in [0.2, 0.25) is 10.0 Å². The highest BCUT2D eigenvalue weighted by Crippen LogP contribution is 2.16. The van der Waals surface area contributed by atoms with E-state index in [1.54, 1.807) is 31.2 Å². The molecule has 0 saturated carbocycles. The summed E-state index contributed by atoms with van der Waals surface area (Å²) < 4.78 is 32.0. The molecule has 6 nitrogen and oxygen atoms in total. The molecule has 1 amide bonds. The van der Waals surface area contributed by atoms with Gasteiger partial charge in [-0.05, 0) is 50.2 Å². The van der Waals surface area contributed by atoms with Gasteiger partial charge < -0.3 is 10.1 Å². The number of ether oxygens (including phenoxy) is 1. The molecule has 2 aromatic carbocycles. The Balaban J connectivity index is 2.08. The largest absolute Gasteiger partial charge is 0.383 e. The quantitative estimate of drug-likeness (QED) is 0.793. The Bertz CT molecular complexity index is 832. The molecular weight excluding hydrogens is 340 g/mol. The van der Waals surface area contributed by atoms with Gasteiger partial charge in [-0.15, -0.1) is 0 Å². The van der Waals surface area contributed by atoms with Gasteiger partial charge in [-0.3, -0.25) is 4.79 Å². The number of benzene rings is 2. The summed E-state index contributed by atoms with van der Waals surface area (Å²) in [6, 6.07) is 12.9. The minimum absolute atomic E-state index is 0.129. The van der Waals surface area contributed by atoms with E-state index in [1.165, 1.54) is 19.2 Å². The fraction of sp³-hybridized carbons (Fsp3) is 0.278. The third-order valence-electron chi connectivity index (χ3n) is 3.48. The highest BCUT2D eigenvalue weighted by atomic mass is 32.2. The van der Waals surface area contributed by atoms with Crippen LogP contribution in [0.5, 0.6) is 0 Å². The van der Waals surface area contributed by atoms with Crippen LogP contribution >= 0.6 is 0 Å². The molecule has 0 heterocycles. The summed E-state index contributed by atoms with van der Waals surface area (Å²) in [4.78, 5) is 12.3. The van der Waals surface area contributed by atoms with Crippen LogP contribution in [0.4, 0.5) is 5.69 Å². The molecule has 1 unspecified atom stereocenters. The Morgan fingerprint density at radius 2 is 1.84 bits per heavy atom. The van der Waals surface area contributed by atoms with Crippen molar-refractivity contribution in [3.63, 3.8) is 0 Å². The number of anilines is 1. The van der Waals surface area contributed by atoms with Crippen LogP contribution in [0.3, 0.4) is 0 Å². The van der Waals surface area contributed by atoms with Gasteiger partial charge >= 0.3 is 0 Å². The molecule has 7 heteroatoms. The Morgan fingerprint density at radius 1 is 1.16 bits per heavy atom. The van der Waals surface area contributed by atoms with Gasteiger partial charge in [0.25, 0.3) is 5.91 Å². The van der Waals surface area contributed by atoms with E-state index >= 15 is 0 Å². The van der Waals surface area contributed by atoms with Crippen molar-refractivity contribution in [2.75, 3.05) is 19.0 Å². The van der Waals surface area contributed by atoms with Crippen LogP contribution in [-0.2, 0) is 14.8 Å². The van der Waals surface area contributed by atoms with Gasteiger partial charge in [0, 0.05) is 24.4 Å². The first-order valence-corrected chi connectivity index (χ1v) is 9.29. The van der Waals surface area contributed by atoms with Crippen LogP contribution in [0.15, 0.2) is 53.4 Å². The van der Waals surface area contributed by atoms with E-state index in [0.29, 0.717) is 11.3 Å². The van der Waals surface area contributed by atoms with Crippen molar-refractivity contribution in [2.45, 2.75) is 24.8 Å². The molecule has 0 fully saturated rings. The van der Waals surface area contributed by atoms with Crippen LogP contribution < -0.4 is 10.0 Å². The maximum Gasteiger partial charge on any atom is 0.255 e. The molecule has 134 valence electrons. The molecular formula is C18H22N2O4S. The number of hydrogen-bond donors (Lipinski definition) is 2. The molecule has 1 atom stereocenters. The number of aryl methyl sites for hydroxylation is 1. The summed E-state index contributed by atoms with van der Waals surface area (Å²) in [5, 5.41) is 2.75. The number of nitrogens with one attached hydrogen (secondary N) is 2. The third-order valence-corrected chi connectivity index (χ3v) is 5.08. The predicted molar refractivity (Wildman–Crippen MR) is 97.2 cm³/mol. The summed E-state index contributed by atoms with van der Waals surface area (Å²) >= 11 is 0. The van der Waals surface area contributed by atoms with E-state index in [4.69, 9.17) is 4.74 Å². The van der Waals surface area contributed by atoms with Crippen molar-refractivity contribution < 1.29 is 17.9 Å². The monoisotopic (exact) mass is 362 g/mol. The van der Waals surface area contributed by atoms with E-state index in [1.807, 2.05) is 19.1 Å². The maximum absolute atomic E-state index is 12.3. The fourth-order valence-electron chi connectivity index (χ4n) is 2.32. The second-order valence-corrected chi connectivity index (χ2v) is 7.54. The average Bonchev–Trinajstić information content (AvgIpc) is 2.55. The molecule has 0 radical (unpaired) electrons. The lowest BCUT2D eigenvalue weighted by Gasteiger charge is -2.13. The summed E-state index contributed by atoms with van der Waals surface area (Å²) in [7, 11) is -2.12. The molecule has 0 saturated heterocycles. The SMILES string of the molecule is COCC(C)NS(=O)(=O)c1ccc(NC(=O)c2cccc(C)c2)cc1. The Kier molecular flexibility index (Phi) is 6.30. The van der Waals surface area contributed by atoms with E-state index in [2.05, 4.69) is 10.0 Å². The van der Waals surface area contributed by atoms with Gasteiger partial charge in [-0.1, -0.05) is 17.7 Å². The number of sulfonamides is 1. The van der Waals surface area contributed by atoms with Crippen LogP contribution in [0.25, 0.3) is 0 Å². The van der Waals surface area contributed by atoms with E-state index < -0.39 is 10.0 Å². The Labute approximate surface area is 148 Å². The number of carbonyl (C=O) groups excluding carboxylic acids is 1. The van der Waals surface area contributed by atoms with Crippen LogP contribution in [-0.4, -0.2) is 34.1 Å². The summed E-state index contributed by atoms with van der Waals surface area (Å²) in [6.45, 7) is 3.91. The lowest BCUT2D eigenvalue weighted by atomic mass is 10.1. The van der Waals surface area contributed by atoms with E-state index in [0.717, 1.165) is 5.56 Å². The molecule has 2 N–H and O–H groups in total. The number of hydrogen-bond acceptors (Lipinski definition) is 4. The number of carbonyl (C=O) groups is 1. The summed E-state index contributed by atoms with van der Waals surface area (Å²) in [6.07, 6.45) is 0. The number of amides is 1. The van der Waals surface area contributed by atoms with E-state index in [-0.39, 0.29) is 23.5 Å². The number of methoxy groups -OCH3 is 1. The molecule has 25 heavy (non-hydrogen) atoms. The fourth-order valence-corrected chi connectivity index (χ4v) is 3.55. The van der Waals surface area contributed by atoms with E-state index in [9.17, 15) is 13.2 Å². The molecule has 0 aliphatic rings. The van der Waals surface area contributed by atoms with Crippen LogP contribution in [0, 0.1) is 6.92 Å². The highest BCUT2D eigenvalue weighted by Gasteiger charge is 2.17. The van der Waals surface area contributed by atoms with Gasteiger partial charge in [0.05, 0.1) is 11.5 Å². The van der Waals surface area contributed by atoms with Crippen molar-refractivity contribution in [1.82, 2.24) is 4.72 Å². The smallest absolute Gasteiger partial charge is 0.255 e. The summed E-state index contributed by atoms with van der Waals surface area (Å²) in [5.74, 6) is -0.244. The second kappa shape index (κ2) is 8.24.